The van der Waals surface area contributed by atoms with Gasteiger partial charge in [0.1, 0.15) is 6.54 Å². The SMILES string of the molecule is CC(C)N(CC(=O)N(Cc1ccccc1)Cc1cccn1C)C(=O)c1cccc([N+](=O)[O-])c1. The van der Waals surface area contributed by atoms with Gasteiger partial charge < -0.3 is 14.4 Å². The lowest BCUT2D eigenvalue weighted by Gasteiger charge is -2.30. The molecule has 1 heterocycles. The Balaban J connectivity index is 1.84. The van der Waals surface area contributed by atoms with E-state index in [1.165, 1.54) is 29.2 Å². The summed E-state index contributed by atoms with van der Waals surface area (Å²) >= 11 is 0. The number of carbonyl (C=O) groups is 2. The third kappa shape index (κ3) is 6.06. The van der Waals surface area contributed by atoms with E-state index in [2.05, 4.69) is 0 Å². The van der Waals surface area contributed by atoms with Gasteiger partial charge in [-0.1, -0.05) is 36.4 Å². The minimum Gasteiger partial charge on any atom is -0.353 e. The highest BCUT2D eigenvalue weighted by Crippen LogP contribution is 2.17. The summed E-state index contributed by atoms with van der Waals surface area (Å²) in [4.78, 5) is 40.4. The molecule has 0 radical (unpaired) electrons. The van der Waals surface area contributed by atoms with E-state index in [0.29, 0.717) is 13.1 Å². The molecular weight excluding hydrogens is 420 g/mol. The lowest BCUT2D eigenvalue weighted by atomic mass is 10.1. The van der Waals surface area contributed by atoms with Crippen molar-refractivity contribution in [2.75, 3.05) is 6.54 Å². The number of hydrogen-bond donors (Lipinski definition) is 0. The maximum absolute atomic E-state index is 13.4. The van der Waals surface area contributed by atoms with Gasteiger partial charge in [0.25, 0.3) is 11.6 Å². The predicted molar refractivity (Wildman–Crippen MR) is 125 cm³/mol. The first kappa shape index (κ1) is 23.7. The summed E-state index contributed by atoms with van der Waals surface area (Å²) in [5.41, 5.74) is 1.98. The third-order valence-corrected chi connectivity index (χ3v) is 5.47. The molecule has 3 aromatic rings. The number of benzene rings is 2. The molecule has 0 N–H and O–H groups in total. The molecule has 0 spiro atoms. The number of nitro groups is 1. The van der Waals surface area contributed by atoms with Crippen LogP contribution in [0.4, 0.5) is 5.69 Å². The van der Waals surface area contributed by atoms with Gasteiger partial charge in [0.15, 0.2) is 0 Å². The second kappa shape index (κ2) is 10.6. The molecule has 0 aliphatic carbocycles. The number of non-ortho nitro benzene ring substituents is 1. The molecule has 172 valence electrons. The van der Waals surface area contributed by atoms with E-state index in [4.69, 9.17) is 0 Å². The van der Waals surface area contributed by atoms with Gasteiger partial charge in [0, 0.05) is 49.2 Å². The summed E-state index contributed by atoms with van der Waals surface area (Å²) in [6.07, 6.45) is 1.92. The second-order valence-corrected chi connectivity index (χ2v) is 8.18. The molecule has 0 aliphatic heterocycles. The fraction of sp³-hybridized carbons (Fsp3) is 0.280. The van der Waals surface area contributed by atoms with Gasteiger partial charge in [-0.05, 0) is 37.6 Å². The van der Waals surface area contributed by atoms with Crippen LogP contribution < -0.4 is 0 Å². The summed E-state index contributed by atoms with van der Waals surface area (Å²) < 4.78 is 1.96. The van der Waals surface area contributed by atoms with E-state index in [1.807, 2.05) is 74.1 Å². The average Bonchev–Trinajstić information content (AvgIpc) is 3.21. The summed E-state index contributed by atoms with van der Waals surface area (Å²) in [5.74, 6) is -0.617. The molecule has 0 aliphatic rings. The summed E-state index contributed by atoms with van der Waals surface area (Å²) in [6, 6.07) is 18.9. The normalized spacial score (nSPS) is 10.8. The zero-order valence-corrected chi connectivity index (χ0v) is 19.0. The van der Waals surface area contributed by atoms with E-state index >= 15 is 0 Å². The minimum atomic E-state index is -0.539. The molecule has 1 aromatic heterocycles. The van der Waals surface area contributed by atoms with Gasteiger partial charge in [-0.25, -0.2) is 0 Å². The minimum absolute atomic E-state index is 0.129. The highest BCUT2D eigenvalue weighted by atomic mass is 16.6. The molecular formula is C25H28N4O4. The van der Waals surface area contributed by atoms with Crippen molar-refractivity contribution in [2.24, 2.45) is 7.05 Å². The Morgan fingerprint density at radius 3 is 2.33 bits per heavy atom. The lowest BCUT2D eigenvalue weighted by Crippen LogP contribution is -2.45. The van der Waals surface area contributed by atoms with E-state index in [1.54, 1.807) is 4.90 Å². The number of carbonyl (C=O) groups excluding carboxylic acids is 2. The van der Waals surface area contributed by atoms with E-state index in [9.17, 15) is 19.7 Å². The van der Waals surface area contributed by atoms with Crippen LogP contribution in [0.3, 0.4) is 0 Å². The van der Waals surface area contributed by atoms with Crippen LogP contribution in [-0.2, 0) is 24.9 Å². The van der Waals surface area contributed by atoms with Crippen LogP contribution in [0, 0.1) is 10.1 Å². The van der Waals surface area contributed by atoms with E-state index in [0.717, 1.165) is 11.3 Å². The van der Waals surface area contributed by atoms with Crippen LogP contribution in [0.2, 0.25) is 0 Å². The van der Waals surface area contributed by atoms with Crippen molar-refractivity contribution in [3.63, 3.8) is 0 Å². The van der Waals surface area contributed by atoms with Gasteiger partial charge in [-0.2, -0.15) is 0 Å². The Labute approximate surface area is 193 Å². The predicted octanol–water partition coefficient (Wildman–Crippen LogP) is 4.01. The monoisotopic (exact) mass is 448 g/mol. The van der Waals surface area contributed by atoms with Crippen molar-refractivity contribution < 1.29 is 14.5 Å². The molecule has 0 saturated carbocycles. The molecule has 2 amide bonds. The zero-order chi connectivity index (χ0) is 24.0. The highest BCUT2D eigenvalue weighted by molar-refractivity contribution is 5.97. The molecule has 0 atom stereocenters. The Kier molecular flexibility index (Phi) is 7.61. The van der Waals surface area contributed by atoms with Crippen molar-refractivity contribution in [1.82, 2.24) is 14.4 Å². The van der Waals surface area contributed by atoms with Gasteiger partial charge in [0.05, 0.1) is 11.5 Å². The van der Waals surface area contributed by atoms with E-state index < -0.39 is 10.8 Å². The molecule has 0 fully saturated rings. The number of nitrogens with zero attached hydrogens (tertiary/aromatic N) is 4. The average molecular weight is 449 g/mol. The first-order valence-electron chi connectivity index (χ1n) is 10.7. The maximum Gasteiger partial charge on any atom is 0.270 e. The van der Waals surface area contributed by atoms with Crippen molar-refractivity contribution >= 4 is 17.5 Å². The Bertz CT molecular complexity index is 1120. The van der Waals surface area contributed by atoms with Crippen LogP contribution in [0.25, 0.3) is 0 Å². The topological polar surface area (TPSA) is 88.7 Å². The Morgan fingerprint density at radius 1 is 1.00 bits per heavy atom. The van der Waals surface area contributed by atoms with Crippen molar-refractivity contribution in [3.8, 4) is 0 Å². The molecule has 3 rings (SSSR count). The summed E-state index contributed by atoms with van der Waals surface area (Å²) in [6.45, 7) is 4.31. The molecule has 0 saturated heterocycles. The van der Waals surface area contributed by atoms with Gasteiger partial charge >= 0.3 is 0 Å². The molecule has 8 heteroatoms. The van der Waals surface area contributed by atoms with E-state index in [-0.39, 0.29) is 29.7 Å². The largest absolute Gasteiger partial charge is 0.353 e. The van der Waals surface area contributed by atoms with Crippen molar-refractivity contribution in [2.45, 2.75) is 33.0 Å². The second-order valence-electron chi connectivity index (χ2n) is 8.18. The lowest BCUT2D eigenvalue weighted by molar-refractivity contribution is -0.384. The van der Waals surface area contributed by atoms with Crippen molar-refractivity contribution in [3.05, 3.63) is 99.9 Å². The first-order chi connectivity index (χ1) is 15.8. The van der Waals surface area contributed by atoms with Gasteiger partial charge in [-0.3, -0.25) is 19.7 Å². The van der Waals surface area contributed by atoms with Gasteiger partial charge in [0.2, 0.25) is 5.91 Å². The first-order valence-corrected chi connectivity index (χ1v) is 10.7. The van der Waals surface area contributed by atoms with Crippen LogP contribution >= 0.6 is 0 Å². The number of aryl methyl sites for hydroxylation is 1. The Morgan fingerprint density at radius 2 is 1.73 bits per heavy atom. The third-order valence-electron chi connectivity index (χ3n) is 5.47. The van der Waals surface area contributed by atoms with Crippen LogP contribution in [0.1, 0.15) is 35.5 Å². The van der Waals surface area contributed by atoms with Crippen LogP contribution in [-0.4, -0.2) is 43.7 Å². The Hall–Kier alpha value is -3.94. The quantitative estimate of drug-likeness (QED) is 0.365. The molecule has 33 heavy (non-hydrogen) atoms. The van der Waals surface area contributed by atoms with Gasteiger partial charge in [-0.15, -0.1) is 0 Å². The number of nitro benzene ring substituents is 1. The van der Waals surface area contributed by atoms with Crippen molar-refractivity contribution in [1.29, 1.82) is 0 Å². The zero-order valence-electron chi connectivity index (χ0n) is 19.0. The summed E-state index contributed by atoms with van der Waals surface area (Å²) in [7, 11) is 1.92. The molecule has 2 aromatic carbocycles. The smallest absolute Gasteiger partial charge is 0.270 e. The number of amides is 2. The summed E-state index contributed by atoms with van der Waals surface area (Å²) in [5, 5.41) is 11.1. The van der Waals surface area contributed by atoms with Crippen LogP contribution in [0.15, 0.2) is 72.9 Å². The fourth-order valence-corrected chi connectivity index (χ4v) is 3.55. The molecule has 0 unspecified atom stereocenters. The molecule has 8 nitrogen and oxygen atoms in total. The van der Waals surface area contributed by atoms with Crippen LogP contribution in [0.5, 0.6) is 0 Å². The number of rotatable bonds is 9. The standard InChI is InChI=1S/C25H28N4O4/c1-19(2)28(25(31)21-11-7-12-22(15-21)29(32)33)18-24(30)27(16-20-9-5-4-6-10-20)17-23-13-8-14-26(23)3/h4-15,19H,16-18H2,1-3H3. The fourth-order valence-electron chi connectivity index (χ4n) is 3.55. The molecule has 0 bridgehead atoms. The number of aromatic nitrogens is 1. The maximum atomic E-state index is 13.4. The number of hydrogen-bond acceptors (Lipinski definition) is 4. The highest BCUT2D eigenvalue weighted by Gasteiger charge is 2.26.